The zero-order valence-electron chi connectivity index (χ0n) is 7.71. The summed E-state index contributed by atoms with van der Waals surface area (Å²) in [5.41, 5.74) is 0. The third-order valence-corrected chi connectivity index (χ3v) is 2.58. The van der Waals surface area contributed by atoms with Crippen molar-refractivity contribution in [2.24, 2.45) is 5.92 Å². The van der Waals surface area contributed by atoms with Gasteiger partial charge >= 0.3 is 12.1 Å². The Bertz CT molecular complexity index is 229. The quantitative estimate of drug-likeness (QED) is 0.711. The van der Waals surface area contributed by atoms with Crippen molar-refractivity contribution in [2.75, 3.05) is 13.6 Å². The molecule has 82 valence electrons. The van der Waals surface area contributed by atoms with Gasteiger partial charge in [0, 0.05) is 6.54 Å². The van der Waals surface area contributed by atoms with Gasteiger partial charge in [0.15, 0.2) is 0 Å². The molecule has 3 nitrogen and oxygen atoms in total. The van der Waals surface area contributed by atoms with Crippen molar-refractivity contribution in [2.45, 2.75) is 25.1 Å². The molecule has 1 saturated heterocycles. The topological polar surface area (TPSA) is 40.5 Å². The number of hydrogen-bond donors (Lipinski definition) is 1. The van der Waals surface area contributed by atoms with E-state index in [0.717, 1.165) is 0 Å². The highest BCUT2D eigenvalue weighted by molar-refractivity contribution is 5.73. The number of halogens is 3. The number of likely N-dealkylation sites (N-methyl/N-ethyl adjacent to an activating group) is 1. The molecule has 0 aromatic rings. The third kappa shape index (κ3) is 2.37. The molecule has 1 aliphatic heterocycles. The number of likely N-dealkylation sites (tertiary alicyclic amines) is 1. The van der Waals surface area contributed by atoms with E-state index >= 15 is 0 Å². The third-order valence-electron chi connectivity index (χ3n) is 2.58. The van der Waals surface area contributed by atoms with Gasteiger partial charge in [-0.3, -0.25) is 9.69 Å². The van der Waals surface area contributed by atoms with Gasteiger partial charge in [0.05, 0.1) is 5.92 Å². The lowest BCUT2D eigenvalue weighted by Crippen LogP contribution is -2.48. The molecule has 0 spiro atoms. The second-order valence-corrected chi connectivity index (χ2v) is 3.61. The maximum Gasteiger partial charge on any atom is 0.393 e. The molecule has 0 aliphatic carbocycles. The minimum absolute atomic E-state index is 0.0655. The Morgan fingerprint density at radius 2 is 2.00 bits per heavy atom. The van der Waals surface area contributed by atoms with Crippen molar-refractivity contribution < 1.29 is 23.1 Å². The van der Waals surface area contributed by atoms with E-state index < -0.39 is 24.1 Å². The van der Waals surface area contributed by atoms with Gasteiger partial charge in [-0.15, -0.1) is 0 Å². The normalized spacial score (nSPS) is 30.3. The lowest BCUT2D eigenvalue weighted by atomic mass is 9.93. The lowest BCUT2D eigenvalue weighted by molar-refractivity contribution is -0.191. The van der Waals surface area contributed by atoms with E-state index in [2.05, 4.69) is 0 Å². The Hall–Kier alpha value is -0.780. The molecule has 0 amide bonds. The maximum atomic E-state index is 12.3. The molecule has 0 aromatic carbocycles. The fourth-order valence-electron chi connectivity index (χ4n) is 1.72. The number of hydrogen-bond acceptors (Lipinski definition) is 2. The fourth-order valence-corrected chi connectivity index (χ4v) is 1.72. The molecular weight excluding hydrogens is 199 g/mol. The smallest absolute Gasteiger partial charge is 0.393 e. The summed E-state index contributed by atoms with van der Waals surface area (Å²) in [6.45, 7) is -0.222. The Kier molecular flexibility index (Phi) is 3.04. The molecule has 1 rings (SSSR count). The predicted molar refractivity (Wildman–Crippen MR) is 42.8 cm³/mol. The summed E-state index contributed by atoms with van der Waals surface area (Å²) in [6.07, 6.45) is -4.24. The van der Waals surface area contributed by atoms with Gasteiger partial charge in [-0.25, -0.2) is 0 Å². The van der Waals surface area contributed by atoms with Crippen LogP contribution in [0.15, 0.2) is 0 Å². The monoisotopic (exact) mass is 211 g/mol. The number of alkyl halides is 3. The van der Waals surface area contributed by atoms with Crippen molar-refractivity contribution in [1.82, 2.24) is 4.90 Å². The molecule has 1 N–H and O–H groups in total. The second kappa shape index (κ2) is 3.76. The molecule has 2 atom stereocenters. The lowest BCUT2D eigenvalue weighted by Gasteiger charge is -2.35. The molecule has 1 aliphatic rings. The minimum atomic E-state index is -4.21. The highest BCUT2D eigenvalue weighted by Crippen LogP contribution is 2.34. The van der Waals surface area contributed by atoms with Crippen LogP contribution in [0.5, 0.6) is 0 Å². The number of nitrogens with zero attached hydrogens (tertiary/aromatic N) is 1. The number of carboxylic acids is 1. The average Bonchev–Trinajstić information content (AvgIpc) is 2.01. The highest BCUT2D eigenvalue weighted by Gasteiger charge is 2.44. The van der Waals surface area contributed by atoms with Gasteiger partial charge in [-0.05, 0) is 19.9 Å². The minimum Gasteiger partial charge on any atom is -0.480 e. The summed E-state index contributed by atoms with van der Waals surface area (Å²) in [6, 6.07) is -0.770. The summed E-state index contributed by atoms with van der Waals surface area (Å²) >= 11 is 0. The van der Waals surface area contributed by atoms with Gasteiger partial charge in [0.25, 0.3) is 0 Å². The van der Waals surface area contributed by atoms with E-state index in [9.17, 15) is 18.0 Å². The van der Waals surface area contributed by atoms with Crippen LogP contribution in [0.25, 0.3) is 0 Å². The van der Waals surface area contributed by atoms with Crippen molar-refractivity contribution in [3.05, 3.63) is 0 Å². The van der Waals surface area contributed by atoms with E-state index in [1.54, 1.807) is 0 Å². The van der Waals surface area contributed by atoms with Crippen molar-refractivity contribution >= 4 is 5.97 Å². The van der Waals surface area contributed by atoms with Crippen LogP contribution in [-0.4, -0.2) is 41.8 Å². The SMILES string of the molecule is CN1CC(C(F)(F)F)CCC1C(=O)O. The molecule has 1 fully saturated rings. The summed E-state index contributed by atoms with van der Waals surface area (Å²) in [4.78, 5) is 11.9. The van der Waals surface area contributed by atoms with Crippen LogP contribution in [0.4, 0.5) is 13.2 Å². The molecular formula is C8H12F3NO2. The van der Waals surface area contributed by atoms with Crippen LogP contribution in [0, 0.1) is 5.92 Å². The molecule has 6 heteroatoms. The van der Waals surface area contributed by atoms with Crippen LogP contribution >= 0.6 is 0 Å². The first kappa shape index (κ1) is 11.3. The standard InChI is InChI=1S/C8H12F3NO2/c1-12-4-5(8(9,10)11)2-3-6(12)7(13)14/h5-6H,2-4H2,1H3,(H,13,14). The van der Waals surface area contributed by atoms with Gasteiger partial charge in [-0.1, -0.05) is 0 Å². The number of rotatable bonds is 1. The zero-order chi connectivity index (χ0) is 10.9. The first-order valence-electron chi connectivity index (χ1n) is 4.32. The second-order valence-electron chi connectivity index (χ2n) is 3.61. The van der Waals surface area contributed by atoms with Gasteiger partial charge in [0.1, 0.15) is 6.04 Å². The molecule has 0 saturated carbocycles. The van der Waals surface area contributed by atoms with Crippen LogP contribution < -0.4 is 0 Å². The Balaban J connectivity index is 2.60. The first-order valence-corrected chi connectivity index (χ1v) is 4.32. The highest BCUT2D eigenvalue weighted by atomic mass is 19.4. The van der Waals surface area contributed by atoms with Crippen molar-refractivity contribution in [3.8, 4) is 0 Å². The van der Waals surface area contributed by atoms with E-state index in [4.69, 9.17) is 5.11 Å². The van der Waals surface area contributed by atoms with Gasteiger partial charge in [0.2, 0.25) is 0 Å². The molecule has 0 bridgehead atoms. The summed E-state index contributed by atoms with van der Waals surface area (Å²) in [7, 11) is 1.41. The Morgan fingerprint density at radius 3 is 2.36 bits per heavy atom. The number of aliphatic carboxylic acids is 1. The molecule has 1 heterocycles. The van der Waals surface area contributed by atoms with Crippen LogP contribution in [0.3, 0.4) is 0 Å². The fraction of sp³-hybridized carbons (Fsp3) is 0.875. The Morgan fingerprint density at radius 1 is 1.43 bits per heavy atom. The van der Waals surface area contributed by atoms with Gasteiger partial charge < -0.3 is 5.11 Å². The van der Waals surface area contributed by atoms with E-state index in [1.807, 2.05) is 0 Å². The molecule has 0 aromatic heterocycles. The van der Waals surface area contributed by atoms with Crippen LogP contribution in [0.2, 0.25) is 0 Å². The maximum absolute atomic E-state index is 12.3. The van der Waals surface area contributed by atoms with E-state index in [-0.39, 0.29) is 19.4 Å². The van der Waals surface area contributed by atoms with Crippen LogP contribution in [0.1, 0.15) is 12.8 Å². The van der Waals surface area contributed by atoms with Crippen molar-refractivity contribution in [1.29, 1.82) is 0 Å². The Labute approximate surface area is 79.5 Å². The van der Waals surface area contributed by atoms with E-state index in [1.165, 1.54) is 11.9 Å². The van der Waals surface area contributed by atoms with Crippen LogP contribution in [-0.2, 0) is 4.79 Å². The number of carboxylic acid groups (broad SMARTS) is 1. The van der Waals surface area contributed by atoms with Gasteiger partial charge in [-0.2, -0.15) is 13.2 Å². The summed E-state index contributed by atoms with van der Waals surface area (Å²) in [5, 5.41) is 8.67. The number of piperidine rings is 1. The molecule has 2 unspecified atom stereocenters. The average molecular weight is 211 g/mol. The van der Waals surface area contributed by atoms with E-state index in [0.29, 0.717) is 0 Å². The zero-order valence-corrected chi connectivity index (χ0v) is 7.71. The van der Waals surface area contributed by atoms with Crippen molar-refractivity contribution in [3.63, 3.8) is 0 Å². The number of carbonyl (C=O) groups is 1. The summed E-state index contributed by atoms with van der Waals surface area (Å²) in [5.74, 6) is -2.43. The predicted octanol–water partition coefficient (Wildman–Crippen LogP) is 1.34. The first-order chi connectivity index (χ1) is 6.32. The largest absolute Gasteiger partial charge is 0.480 e. The summed E-state index contributed by atoms with van der Waals surface area (Å²) < 4.78 is 36.8. The molecule has 0 radical (unpaired) electrons. The molecule has 14 heavy (non-hydrogen) atoms.